The summed E-state index contributed by atoms with van der Waals surface area (Å²) in [5, 5.41) is 9.15. The molecule has 1 rings (SSSR count). The number of aliphatic imine (C=N–C) groups is 1. The third-order valence-corrected chi connectivity index (χ3v) is 2.04. The molecule has 7 heteroatoms. The first-order valence-corrected chi connectivity index (χ1v) is 4.71. The van der Waals surface area contributed by atoms with E-state index in [2.05, 4.69) is 4.99 Å². The number of benzene rings is 1. The van der Waals surface area contributed by atoms with Gasteiger partial charge in [-0.3, -0.25) is 0 Å². The lowest BCUT2D eigenvalue weighted by atomic mass is 10.3. The van der Waals surface area contributed by atoms with Crippen molar-refractivity contribution in [3.63, 3.8) is 0 Å². The van der Waals surface area contributed by atoms with Crippen LogP contribution in [0.4, 0.5) is 0 Å². The maximum atomic E-state index is 10.6. The Morgan fingerprint density at radius 3 is 2.69 bits per heavy atom. The van der Waals surface area contributed by atoms with Gasteiger partial charge in [0.2, 0.25) is 6.08 Å². The van der Waals surface area contributed by atoms with Gasteiger partial charge in [0.1, 0.15) is 5.75 Å². The Morgan fingerprint density at radius 1 is 1.50 bits per heavy atom. The highest BCUT2D eigenvalue weighted by atomic mass is 35.5. The molecule has 0 aliphatic heterocycles. The number of carboxylic acids is 1. The second-order valence-corrected chi connectivity index (χ2v) is 3.45. The SMILES string of the molecule is O=C=NC(Oc1ccc(Cl)cc1Cl)C(=O)O. The first-order chi connectivity index (χ1) is 7.54. The van der Waals surface area contributed by atoms with Crippen LogP contribution < -0.4 is 4.74 Å². The predicted molar refractivity (Wildman–Crippen MR) is 56.6 cm³/mol. The van der Waals surface area contributed by atoms with Gasteiger partial charge in [-0.05, 0) is 18.2 Å². The topological polar surface area (TPSA) is 76.0 Å². The number of carboxylic acid groups (broad SMARTS) is 1. The lowest BCUT2D eigenvalue weighted by molar-refractivity contribution is -0.144. The molecule has 0 aromatic heterocycles. The van der Waals surface area contributed by atoms with E-state index in [-0.39, 0.29) is 10.8 Å². The Morgan fingerprint density at radius 2 is 2.19 bits per heavy atom. The number of rotatable bonds is 4. The van der Waals surface area contributed by atoms with E-state index in [1.807, 2.05) is 0 Å². The summed E-state index contributed by atoms with van der Waals surface area (Å²) >= 11 is 11.4. The van der Waals surface area contributed by atoms with Crippen LogP contribution in [-0.4, -0.2) is 23.4 Å². The minimum atomic E-state index is -1.67. The molecule has 0 spiro atoms. The third kappa shape index (κ3) is 3.24. The summed E-state index contributed by atoms with van der Waals surface area (Å²) in [6.07, 6.45) is -0.570. The molecule has 0 fully saturated rings. The Kier molecular flexibility index (Phi) is 4.31. The van der Waals surface area contributed by atoms with Crippen LogP contribution in [0.1, 0.15) is 0 Å². The minimum Gasteiger partial charge on any atom is -0.477 e. The normalized spacial score (nSPS) is 11.4. The number of hydrogen-bond donors (Lipinski definition) is 1. The number of carbonyl (C=O) groups is 1. The largest absolute Gasteiger partial charge is 0.477 e. The number of carbonyl (C=O) groups excluding carboxylic acids is 1. The van der Waals surface area contributed by atoms with Gasteiger partial charge >= 0.3 is 5.97 Å². The van der Waals surface area contributed by atoms with Crippen molar-refractivity contribution in [1.29, 1.82) is 0 Å². The fraction of sp³-hybridized carbons (Fsp3) is 0.111. The maximum Gasteiger partial charge on any atom is 0.369 e. The first kappa shape index (κ1) is 12.5. The van der Waals surface area contributed by atoms with Gasteiger partial charge in [0.25, 0.3) is 6.23 Å². The van der Waals surface area contributed by atoms with Crippen LogP contribution >= 0.6 is 23.2 Å². The molecule has 1 aromatic rings. The van der Waals surface area contributed by atoms with E-state index < -0.39 is 12.2 Å². The summed E-state index contributed by atoms with van der Waals surface area (Å²) in [5.41, 5.74) is 0. The van der Waals surface area contributed by atoms with E-state index in [4.69, 9.17) is 33.0 Å². The molecule has 1 unspecified atom stereocenters. The van der Waals surface area contributed by atoms with Crippen LogP contribution in [0.3, 0.4) is 0 Å². The van der Waals surface area contributed by atoms with Gasteiger partial charge in [-0.15, -0.1) is 4.99 Å². The summed E-state index contributed by atoms with van der Waals surface area (Å²) in [4.78, 5) is 23.5. The highest BCUT2D eigenvalue weighted by Gasteiger charge is 2.19. The van der Waals surface area contributed by atoms with Crippen molar-refractivity contribution in [2.24, 2.45) is 4.99 Å². The zero-order valence-electron chi connectivity index (χ0n) is 7.68. The van der Waals surface area contributed by atoms with Crippen molar-refractivity contribution in [3.8, 4) is 5.75 Å². The van der Waals surface area contributed by atoms with Crippen molar-refractivity contribution in [1.82, 2.24) is 0 Å². The lowest BCUT2D eigenvalue weighted by Crippen LogP contribution is -2.24. The van der Waals surface area contributed by atoms with Crippen LogP contribution in [0.5, 0.6) is 5.75 Å². The van der Waals surface area contributed by atoms with E-state index in [1.54, 1.807) is 0 Å². The van der Waals surface area contributed by atoms with Crippen LogP contribution in [0.15, 0.2) is 23.2 Å². The molecule has 1 N–H and O–H groups in total. The predicted octanol–water partition coefficient (Wildman–Crippen LogP) is 2.12. The molecule has 0 bridgehead atoms. The second-order valence-electron chi connectivity index (χ2n) is 2.60. The molecular formula is C9H5Cl2NO4. The van der Waals surface area contributed by atoms with Crippen LogP contribution in [0.25, 0.3) is 0 Å². The number of hydrogen-bond acceptors (Lipinski definition) is 4. The molecule has 0 saturated heterocycles. The van der Waals surface area contributed by atoms with Crippen molar-refractivity contribution >= 4 is 35.3 Å². The first-order valence-electron chi connectivity index (χ1n) is 3.96. The summed E-state index contributed by atoms with van der Waals surface area (Å²) in [6.45, 7) is 0. The van der Waals surface area contributed by atoms with Gasteiger partial charge in [-0.2, -0.15) is 0 Å². The number of nitrogens with zero attached hydrogens (tertiary/aromatic N) is 1. The zero-order chi connectivity index (χ0) is 12.1. The highest BCUT2D eigenvalue weighted by Crippen LogP contribution is 2.28. The number of ether oxygens (including phenoxy) is 1. The van der Waals surface area contributed by atoms with Gasteiger partial charge in [0.05, 0.1) is 5.02 Å². The molecule has 5 nitrogen and oxygen atoms in total. The van der Waals surface area contributed by atoms with Crippen LogP contribution in [0, 0.1) is 0 Å². The third-order valence-electron chi connectivity index (χ3n) is 1.51. The molecule has 1 atom stereocenters. The van der Waals surface area contributed by atoms with Gasteiger partial charge < -0.3 is 9.84 Å². The Balaban J connectivity index is 2.93. The maximum absolute atomic E-state index is 10.6. The van der Waals surface area contributed by atoms with E-state index in [9.17, 15) is 9.59 Å². The van der Waals surface area contributed by atoms with E-state index in [1.165, 1.54) is 18.2 Å². The average molecular weight is 262 g/mol. The molecule has 16 heavy (non-hydrogen) atoms. The van der Waals surface area contributed by atoms with E-state index >= 15 is 0 Å². The standard InChI is InChI=1S/C9H5Cl2NO4/c10-5-1-2-7(6(11)3-5)16-8(9(14)15)12-4-13/h1-3,8H,(H,14,15). The number of halogens is 2. The van der Waals surface area contributed by atoms with Crippen LogP contribution in [0.2, 0.25) is 10.0 Å². The Hall–Kier alpha value is -1.55. The molecule has 84 valence electrons. The van der Waals surface area contributed by atoms with Gasteiger partial charge in [-0.25, -0.2) is 9.59 Å². The fourth-order valence-corrected chi connectivity index (χ4v) is 1.32. The summed E-state index contributed by atoms with van der Waals surface area (Å²) < 4.78 is 4.88. The zero-order valence-corrected chi connectivity index (χ0v) is 9.20. The molecule has 1 aromatic carbocycles. The van der Waals surface area contributed by atoms with Crippen LogP contribution in [-0.2, 0) is 9.59 Å². The molecule has 0 aliphatic carbocycles. The molecule has 0 heterocycles. The molecule has 0 amide bonds. The summed E-state index contributed by atoms with van der Waals surface area (Å²) in [7, 11) is 0. The van der Waals surface area contributed by atoms with E-state index in [0.29, 0.717) is 5.02 Å². The second kappa shape index (κ2) is 5.51. The molecular weight excluding hydrogens is 257 g/mol. The summed E-state index contributed by atoms with van der Waals surface area (Å²) in [5.74, 6) is -1.35. The van der Waals surface area contributed by atoms with Crippen molar-refractivity contribution in [2.75, 3.05) is 0 Å². The van der Waals surface area contributed by atoms with Gasteiger partial charge in [0.15, 0.2) is 0 Å². The average Bonchev–Trinajstić information content (AvgIpc) is 2.20. The number of isocyanates is 1. The highest BCUT2D eigenvalue weighted by molar-refractivity contribution is 6.35. The quantitative estimate of drug-likeness (QED) is 0.666. The lowest BCUT2D eigenvalue weighted by Gasteiger charge is -2.10. The molecule has 0 aliphatic rings. The Labute approximate surface area is 100 Å². The van der Waals surface area contributed by atoms with Gasteiger partial charge in [-0.1, -0.05) is 23.2 Å². The van der Waals surface area contributed by atoms with Crippen molar-refractivity contribution < 1.29 is 19.4 Å². The van der Waals surface area contributed by atoms with Crippen molar-refractivity contribution in [2.45, 2.75) is 6.23 Å². The fourth-order valence-electron chi connectivity index (χ4n) is 0.871. The number of aliphatic carboxylic acids is 1. The smallest absolute Gasteiger partial charge is 0.369 e. The monoisotopic (exact) mass is 261 g/mol. The van der Waals surface area contributed by atoms with Crippen molar-refractivity contribution in [3.05, 3.63) is 28.2 Å². The molecule has 0 saturated carbocycles. The molecule has 0 radical (unpaired) electrons. The van der Waals surface area contributed by atoms with Gasteiger partial charge in [0, 0.05) is 5.02 Å². The summed E-state index contributed by atoms with van der Waals surface area (Å²) in [6, 6.07) is 4.22. The minimum absolute atomic E-state index is 0.0671. The Bertz CT molecular complexity index is 455. The van der Waals surface area contributed by atoms with E-state index in [0.717, 1.165) is 6.08 Å².